The van der Waals surface area contributed by atoms with E-state index in [1.807, 2.05) is 0 Å². The molecule has 2 aliphatic rings. The number of aromatic amines is 1. The van der Waals surface area contributed by atoms with Crippen LogP contribution >= 0.6 is 31.1 Å². The summed E-state index contributed by atoms with van der Waals surface area (Å²) < 4.78 is 81.8. The Balaban J connectivity index is 1.34. The number of phosphoric acid groups is 3. The number of hydrogen-bond acceptors (Lipinski definition) is 20. The lowest BCUT2D eigenvalue weighted by Gasteiger charge is -2.29. The summed E-state index contributed by atoms with van der Waals surface area (Å²) in [5.74, 6) is -3.70. The molecule has 2 fully saturated rings. The van der Waals surface area contributed by atoms with Gasteiger partial charge in [-0.2, -0.15) is 4.98 Å². The topological polar surface area (TPSA) is 465 Å². The fraction of sp³-hybridized carbons (Fsp3) is 0.500. The highest BCUT2D eigenvalue weighted by Gasteiger charge is 2.60. The number of anilines is 2. The molecule has 6 heterocycles. The molecule has 0 aromatic carbocycles. The predicted octanol–water partition coefficient (Wildman–Crippen LogP) is -3.77. The number of rotatable bonds is 13. The van der Waals surface area contributed by atoms with Gasteiger partial charge in [-0.1, -0.05) is 0 Å². The largest absolute Gasteiger partial charge is 0.472 e. The number of ether oxygens (including phenoxy) is 2. The lowest BCUT2D eigenvalue weighted by Crippen LogP contribution is -2.42. The van der Waals surface area contributed by atoms with E-state index in [1.54, 1.807) is 0 Å². The average Bonchev–Trinajstić information content (AvgIpc) is 3.79. The second-order valence-corrected chi connectivity index (χ2v) is 16.8. The van der Waals surface area contributed by atoms with Crippen LogP contribution < -0.4 is 17.0 Å². The van der Waals surface area contributed by atoms with Crippen LogP contribution in [0.5, 0.6) is 0 Å². The van der Waals surface area contributed by atoms with E-state index in [4.69, 9.17) is 30.0 Å². The number of nitrogens with two attached hydrogens (primary N) is 2. The van der Waals surface area contributed by atoms with Gasteiger partial charge in [-0.3, -0.25) is 41.6 Å². The van der Waals surface area contributed by atoms with Crippen molar-refractivity contribution in [1.82, 2.24) is 39.0 Å². The van der Waals surface area contributed by atoms with Crippen molar-refractivity contribution in [1.29, 1.82) is 0 Å². The summed E-state index contributed by atoms with van der Waals surface area (Å²) in [6, 6.07) is 0. The van der Waals surface area contributed by atoms with Gasteiger partial charge in [0.25, 0.3) is 5.56 Å². The van der Waals surface area contributed by atoms with E-state index in [0.717, 1.165) is 19.0 Å². The standard InChI is InChI=1S/C20H28N10O20P4/c21-13-6-14(24-2-23-13)29(3-25-6)17-9(32)8(31)5(46-17)1-45-54(43,44)49-11-10(48-52(37,38)39)12(19(51(34,35)36)50-53(40,41)42)47-18(11)30-4-26-7-15(30)27-20(22)28-16(7)33/h2-5,8-12,17-19,31-32H,1H2,(H,43,44)(H2,21,23,24)(H2,34,35,36)(H2,37,38,39)(H2,40,41,42)(H3,22,27,28,33)/t5-,8-,9-,10+,11-,12+,17-,18-,19?/m1/s1. The Morgan fingerprint density at radius 3 is 2.09 bits per heavy atom. The maximum Gasteiger partial charge on any atom is 0.472 e. The van der Waals surface area contributed by atoms with Crippen LogP contribution in [0.1, 0.15) is 12.5 Å². The Labute approximate surface area is 296 Å². The molecule has 298 valence electrons. The quantitative estimate of drug-likeness (QED) is 0.0574. The number of nitrogens with zero attached hydrogens (tertiary/aromatic N) is 7. The summed E-state index contributed by atoms with van der Waals surface area (Å²) in [7, 11) is -23.4. The Bertz CT molecular complexity index is 2310. The first-order valence-corrected chi connectivity index (χ1v) is 20.7. The molecule has 2 saturated heterocycles. The molecule has 30 nitrogen and oxygen atoms in total. The van der Waals surface area contributed by atoms with E-state index >= 15 is 0 Å². The third kappa shape index (κ3) is 8.32. The van der Waals surface area contributed by atoms with Gasteiger partial charge >= 0.3 is 31.1 Å². The highest BCUT2D eigenvalue weighted by Crippen LogP contribution is 2.59. The molecule has 34 heteroatoms. The van der Waals surface area contributed by atoms with Crippen molar-refractivity contribution in [2.24, 2.45) is 0 Å². The predicted molar refractivity (Wildman–Crippen MR) is 169 cm³/mol. The Kier molecular flexibility index (Phi) is 10.8. The van der Waals surface area contributed by atoms with E-state index in [-0.39, 0.29) is 17.0 Å². The van der Waals surface area contributed by atoms with Crippen molar-refractivity contribution in [2.45, 2.75) is 54.9 Å². The maximum atomic E-state index is 13.5. The van der Waals surface area contributed by atoms with Crippen LogP contribution in [-0.4, -0.2) is 133 Å². The molecule has 14 N–H and O–H groups in total. The molecule has 0 radical (unpaired) electrons. The van der Waals surface area contributed by atoms with Gasteiger partial charge in [-0.25, -0.2) is 33.6 Å². The minimum absolute atomic E-state index is 0.0299. The Morgan fingerprint density at radius 1 is 0.815 bits per heavy atom. The van der Waals surface area contributed by atoms with E-state index in [0.29, 0.717) is 4.57 Å². The van der Waals surface area contributed by atoms with Crippen molar-refractivity contribution in [3.63, 3.8) is 0 Å². The zero-order chi connectivity index (χ0) is 39.7. The van der Waals surface area contributed by atoms with Gasteiger partial charge in [0.1, 0.15) is 48.5 Å². The zero-order valence-corrected chi connectivity index (χ0v) is 29.8. The Hall–Kier alpha value is -3.18. The van der Waals surface area contributed by atoms with Crippen LogP contribution in [0, 0.1) is 0 Å². The SMILES string of the molecule is Nc1nc2c(ncn2[C@@H]2O[C@H](C(OP(=O)(O)O)P(=O)(O)O)[C@@H](OP(=O)(O)O)[C@H]2OP(=O)(O)OC[C@H]2O[C@@H](n3cnc4c(N)ncnc43)[C@H](O)[C@@H]2O)c(=O)[nH]1. The summed E-state index contributed by atoms with van der Waals surface area (Å²) in [5, 5.41) is 21.4. The van der Waals surface area contributed by atoms with E-state index in [2.05, 4.69) is 39.0 Å². The highest BCUT2D eigenvalue weighted by molar-refractivity contribution is 7.54. The fourth-order valence-electron chi connectivity index (χ4n) is 5.60. The number of aliphatic hydroxyl groups is 2. The number of nitrogens with one attached hydrogen (secondary N) is 1. The third-order valence-corrected chi connectivity index (χ3v) is 11.0. The molecule has 4 aromatic rings. The summed E-state index contributed by atoms with van der Waals surface area (Å²) in [4.78, 5) is 103. The van der Waals surface area contributed by atoms with Gasteiger partial charge in [0.15, 0.2) is 40.9 Å². The second kappa shape index (κ2) is 14.4. The molecule has 0 saturated carbocycles. The molecule has 0 aliphatic carbocycles. The molecule has 0 amide bonds. The smallest absolute Gasteiger partial charge is 0.387 e. The first kappa shape index (κ1) is 40.5. The number of nitrogen functional groups attached to an aromatic ring is 2. The molecule has 0 spiro atoms. The van der Waals surface area contributed by atoms with Gasteiger partial charge in [-0.05, 0) is 0 Å². The maximum absolute atomic E-state index is 13.5. The van der Waals surface area contributed by atoms with E-state index < -0.39 is 115 Å². The number of aliphatic hydroxyl groups excluding tert-OH is 2. The Morgan fingerprint density at radius 2 is 1.46 bits per heavy atom. The van der Waals surface area contributed by atoms with Crippen LogP contribution in [0.25, 0.3) is 22.3 Å². The number of imidazole rings is 2. The molecular formula is C20H28N10O20P4. The summed E-state index contributed by atoms with van der Waals surface area (Å²) in [6.07, 6.45) is -13.8. The summed E-state index contributed by atoms with van der Waals surface area (Å²) >= 11 is 0. The number of phosphoric ester groups is 3. The summed E-state index contributed by atoms with van der Waals surface area (Å²) in [5.41, 5.74) is 9.57. The number of aromatic nitrogens is 8. The van der Waals surface area contributed by atoms with Gasteiger partial charge in [-0.15, -0.1) is 0 Å². The van der Waals surface area contributed by atoms with Crippen molar-refractivity contribution < 1.29 is 90.3 Å². The lowest BCUT2D eigenvalue weighted by molar-refractivity contribution is -0.0675. The molecule has 4 aromatic heterocycles. The molecule has 10 atom stereocenters. The van der Waals surface area contributed by atoms with Gasteiger partial charge < -0.3 is 65.4 Å². The molecule has 2 aliphatic heterocycles. The van der Waals surface area contributed by atoms with Gasteiger partial charge in [0.2, 0.25) is 5.95 Å². The first-order chi connectivity index (χ1) is 24.9. The van der Waals surface area contributed by atoms with E-state index in [9.17, 15) is 67.5 Å². The lowest BCUT2D eigenvalue weighted by atomic mass is 10.1. The van der Waals surface area contributed by atoms with Crippen LogP contribution in [0.3, 0.4) is 0 Å². The zero-order valence-electron chi connectivity index (χ0n) is 26.2. The average molecular weight is 852 g/mol. The van der Waals surface area contributed by atoms with Crippen molar-refractivity contribution in [3.8, 4) is 0 Å². The van der Waals surface area contributed by atoms with Crippen molar-refractivity contribution >= 4 is 65.2 Å². The normalized spacial score (nSPS) is 28.5. The monoisotopic (exact) mass is 852 g/mol. The van der Waals surface area contributed by atoms with Gasteiger partial charge in [0, 0.05) is 0 Å². The molecule has 2 unspecified atom stereocenters. The molecule has 6 rings (SSSR count). The van der Waals surface area contributed by atoms with Crippen molar-refractivity contribution in [2.75, 3.05) is 18.1 Å². The second-order valence-electron chi connectivity index (χ2n) is 11.4. The van der Waals surface area contributed by atoms with Gasteiger partial charge in [0.05, 0.1) is 19.3 Å². The first-order valence-electron chi connectivity index (χ1n) is 14.5. The molecular weight excluding hydrogens is 824 g/mol. The summed E-state index contributed by atoms with van der Waals surface area (Å²) in [6.45, 7) is -1.08. The van der Waals surface area contributed by atoms with E-state index in [1.165, 1.54) is 4.57 Å². The van der Waals surface area contributed by atoms with Crippen LogP contribution in [-0.2, 0) is 45.8 Å². The molecule has 0 bridgehead atoms. The third-order valence-electron chi connectivity index (χ3n) is 7.72. The minimum Gasteiger partial charge on any atom is -0.387 e. The van der Waals surface area contributed by atoms with Crippen LogP contribution in [0.2, 0.25) is 0 Å². The number of fused-ring (bicyclic) bond motifs is 2. The van der Waals surface area contributed by atoms with Crippen molar-refractivity contribution in [3.05, 3.63) is 29.3 Å². The minimum atomic E-state index is -5.95. The molecule has 54 heavy (non-hydrogen) atoms. The number of H-pyrrole nitrogens is 1. The van der Waals surface area contributed by atoms with Crippen LogP contribution in [0.4, 0.5) is 11.8 Å². The fourth-order valence-corrected chi connectivity index (χ4v) is 8.97. The van der Waals surface area contributed by atoms with Crippen LogP contribution in [0.15, 0.2) is 23.8 Å². The highest BCUT2D eigenvalue weighted by atomic mass is 31.2. The number of hydrogen-bond donors (Lipinski definition) is 12.